The van der Waals surface area contributed by atoms with Gasteiger partial charge in [0.2, 0.25) is 0 Å². The first-order valence-corrected chi connectivity index (χ1v) is 7.34. The van der Waals surface area contributed by atoms with Gasteiger partial charge in [-0.15, -0.1) is 0 Å². The van der Waals surface area contributed by atoms with E-state index in [0.717, 1.165) is 42.1 Å². The molecule has 0 radical (unpaired) electrons. The third-order valence-electron chi connectivity index (χ3n) is 4.03. The molecule has 0 spiro atoms. The number of hydrogen-bond donors (Lipinski definition) is 2. The van der Waals surface area contributed by atoms with Crippen LogP contribution in [0.2, 0.25) is 0 Å². The van der Waals surface area contributed by atoms with Crippen molar-refractivity contribution >= 4 is 5.82 Å². The van der Waals surface area contributed by atoms with Crippen LogP contribution in [0.25, 0.3) is 11.3 Å². The summed E-state index contributed by atoms with van der Waals surface area (Å²) in [5, 5.41) is 3.33. The quantitative estimate of drug-likeness (QED) is 0.888. The summed E-state index contributed by atoms with van der Waals surface area (Å²) in [6.45, 7) is 2.57. The molecule has 2 heterocycles. The Kier molecular flexibility index (Phi) is 4.13. The molecule has 21 heavy (non-hydrogen) atoms. The smallest absolute Gasteiger partial charge is 0.132 e. The van der Waals surface area contributed by atoms with Crippen molar-refractivity contribution in [2.75, 3.05) is 25.0 Å². The molecule has 0 aliphatic carbocycles. The lowest BCUT2D eigenvalue weighted by molar-refractivity contribution is 0.616. The second-order valence-corrected chi connectivity index (χ2v) is 5.39. The highest BCUT2D eigenvalue weighted by atomic mass is 15.2. The third kappa shape index (κ3) is 3.04. The van der Waals surface area contributed by atoms with E-state index < -0.39 is 0 Å². The second-order valence-electron chi connectivity index (χ2n) is 5.39. The predicted molar refractivity (Wildman–Crippen MR) is 85.0 cm³/mol. The predicted octanol–water partition coefficient (Wildman–Crippen LogP) is 1.40. The molecular formula is C16H21N5. The normalized spacial score (nSPS) is 18.2. The SMILES string of the molecule is CNC1CCN(c2cc(-c3cccc(CN)c3)ncn2)C1. The van der Waals surface area contributed by atoms with Gasteiger partial charge in [0.25, 0.3) is 0 Å². The third-order valence-corrected chi connectivity index (χ3v) is 4.03. The van der Waals surface area contributed by atoms with Crippen molar-refractivity contribution < 1.29 is 0 Å². The summed E-state index contributed by atoms with van der Waals surface area (Å²) in [6.07, 6.45) is 2.80. The van der Waals surface area contributed by atoms with Gasteiger partial charge in [0.1, 0.15) is 12.1 Å². The molecule has 1 aromatic heterocycles. The molecular weight excluding hydrogens is 262 g/mol. The number of nitrogens with zero attached hydrogens (tertiary/aromatic N) is 3. The molecule has 1 aromatic carbocycles. The first-order chi connectivity index (χ1) is 10.3. The fourth-order valence-electron chi connectivity index (χ4n) is 2.74. The van der Waals surface area contributed by atoms with Gasteiger partial charge in [0, 0.05) is 37.3 Å². The van der Waals surface area contributed by atoms with Gasteiger partial charge in [-0.25, -0.2) is 9.97 Å². The molecule has 3 N–H and O–H groups in total. The monoisotopic (exact) mass is 283 g/mol. The van der Waals surface area contributed by atoms with Crippen molar-refractivity contribution in [1.82, 2.24) is 15.3 Å². The van der Waals surface area contributed by atoms with Crippen LogP contribution < -0.4 is 16.0 Å². The van der Waals surface area contributed by atoms with Gasteiger partial charge in [-0.2, -0.15) is 0 Å². The lowest BCUT2D eigenvalue weighted by Gasteiger charge is -2.17. The van der Waals surface area contributed by atoms with E-state index in [-0.39, 0.29) is 0 Å². The molecule has 2 aromatic rings. The Hall–Kier alpha value is -1.98. The Morgan fingerprint density at radius 2 is 2.24 bits per heavy atom. The minimum Gasteiger partial charge on any atom is -0.355 e. The van der Waals surface area contributed by atoms with Gasteiger partial charge in [-0.1, -0.05) is 18.2 Å². The Morgan fingerprint density at radius 3 is 3.00 bits per heavy atom. The number of hydrogen-bond acceptors (Lipinski definition) is 5. The molecule has 1 unspecified atom stereocenters. The molecule has 0 amide bonds. The lowest BCUT2D eigenvalue weighted by atomic mass is 10.1. The Balaban J connectivity index is 1.86. The van der Waals surface area contributed by atoms with Crippen LogP contribution in [-0.4, -0.2) is 36.1 Å². The largest absolute Gasteiger partial charge is 0.355 e. The zero-order chi connectivity index (χ0) is 14.7. The van der Waals surface area contributed by atoms with Crippen molar-refractivity contribution in [2.24, 2.45) is 5.73 Å². The number of nitrogens with two attached hydrogens (primary N) is 1. The summed E-state index contributed by atoms with van der Waals surface area (Å²) in [6, 6.07) is 10.8. The number of rotatable bonds is 4. The highest BCUT2D eigenvalue weighted by Gasteiger charge is 2.22. The average molecular weight is 283 g/mol. The fraction of sp³-hybridized carbons (Fsp3) is 0.375. The maximum absolute atomic E-state index is 5.71. The van der Waals surface area contributed by atoms with Crippen LogP contribution in [0, 0.1) is 0 Å². The summed E-state index contributed by atoms with van der Waals surface area (Å²) in [5.41, 5.74) is 8.86. The van der Waals surface area contributed by atoms with Crippen LogP contribution in [0.3, 0.4) is 0 Å². The van der Waals surface area contributed by atoms with Gasteiger partial charge in [0.05, 0.1) is 5.69 Å². The topological polar surface area (TPSA) is 67.1 Å². The summed E-state index contributed by atoms with van der Waals surface area (Å²) in [5.74, 6) is 0.996. The standard InChI is InChI=1S/C16H21N5/c1-18-14-5-6-21(10-14)16-8-15(19-11-20-16)13-4-2-3-12(7-13)9-17/h2-4,7-8,11,14,18H,5-6,9-10,17H2,1H3. The van der Waals surface area contributed by atoms with E-state index in [1.807, 2.05) is 19.2 Å². The van der Waals surface area contributed by atoms with Gasteiger partial charge in [-0.3, -0.25) is 0 Å². The molecule has 1 aliphatic rings. The van der Waals surface area contributed by atoms with Crippen LogP contribution in [0.4, 0.5) is 5.82 Å². The highest BCUT2D eigenvalue weighted by molar-refractivity contribution is 5.63. The van der Waals surface area contributed by atoms with Crippen LogP contribution in [0.15, 0.2) is 36.7 Å². The molecule has 1 fully saturated rings. The van der Waals surface area contributed by atoms with Crippen LogP contribution >= 0.6 is 0 Å². The zero-order valence-electron chi connectivity index (χ0n) is 12.3. The summed E-state index contributed by atoms with van der Waals surface area (Å²) < 4.78 is 0. The van der Waals surface area contributed by atoms with Gasteiger partial charge in [0.15, 0.2) is 0 Å². The van der Waals surface area contributed by atoms with E-state index in [4.69, 9.17) is 5.73 Å². The molecule has 5 nitrogen and oxygen atoms in total. The first-order valence-electron chi connectivity index (χ1n) is 7.34. The Morgan fingerprint density at radius 1 is 1.33 bits per heavy atom. The van der Waals surface area contributed by atoms with Gasteiger partial charge >= 0.3 is 0 Å². The maximum atomic E-state index is 5.71. The fourth-order valence-corrected chi connectivity index (χ4v) is 2.74. The van der Waals surface area contributed by atoms with E-state index in [9.17, 15) is 0 Å². The number of likely N-dealkylation sites (N-methyl/N-ethyl adjacent to an activating group) is 1. The van der Waals surface area contributed by atoms with Crippen molar-refractivity contribution in [1.29, 1.82) is 0 Å². The van der Waals surface area contributed by atoms with E-state index in [2.05, 4.69) is 38.4 Å². The maximum Gasteiger partial charge on any atom is 0.132 e. The summed E-state index contributed by atoms with van der Waals surface area (Å²) in [4.78, 5) is 11.1. The molecule has 0 saturated carbocycles. The summed E-state index contributed by atoms with van der Waals surface area (Å²) in [7, 11) is 2.01. The van der Waals surface area contributed by atoms with Crippen LogP contribution in [0.5, 0.6) is 0 Å². The van der Waals surface area contributed by atoms with Crippen molar-refractivity contribution in [3.63, 3.8) is 0 Å². The number of nitrogens with one attached hydrogen (secondary N) is 1. The van der Waals surface area contributed by atoms with Crippen molar-refractivity contribution in [3.05, 3.63) is 42.2 Å². The van der Waals surface area contributed by atoms with Crippen molar-refractivity contribution in [3.8, 4) is 11.3 Å². The van der Waals surface area contributed by atoms with Crippen LogP contribution in [-0.2, 0) is 6.54 Å². The first kappa shape index (κ1) is 14.0. The zero-order valence-corrected chi connectivity index (χ0v) is 12.3. The van der Waals surface area contributed by atoms with E-state index in [1.165, 1.54) is 0 Å². The van der Waals surface area contributed by atoms with Crippen molar-refractivity contribution in [2.45, 2.75) is 19.0 Å². The molecule has 3 rings (SSSR count). The molecule has 1 saturated heterocycles. The lowest BCUT2D eigenvalue weighted by Crippen LogP contribution is -2.29. The molecule has 1 atom stereocenters. The van der Waals surface area contributed by atoms with Gasteiger partial charge in [-0.05, 0) is 25.1 Å². The number of benzene rings is 1. The Labute approximate surface area is 125 Å². The number of anilines is 1. The van der Waals surface area contributed by atoms with Gasteiger partial charge < -0.3 is 16.0 Å². The van der Waals surface area contributed by atoms with E-state index >= 15 is 0 Å². The molecule has 110 valence electrons. The van der Waals surface area contributed by atoms with E-state index in [0.29, 0.717) is 12.6 Å². The molecule has 0 bridgehead atoms. The van der Waals surface area contributed by atoms with Crippen LogP contribution in [0.1, 0.15) is 12.0 Å². The minimum atomic E-state index is 0.543. The minimum absolute atomic E-state index is 0.543. The average Bonchev–Trinajstić information content (AvgIpc) is 3.04. The van der Waals surface area contributed by atoms with E-state index in [1.54, 1.807) is 6.33 Å². The molecule has 5 heteroatoms. The second kappa shape index (κ2) is 6.20. The molecule has 1 aliphatic heterocycles. The highest BCUT2D eigenvalue weighted by Crippen LogP contribution is 2.23. The summed E-state index contributed by atoms with van der Waals surface area (Å²) >= 11 is 0. The number of aromatic nitrogens is 2. The Bertz CT molecular complexity index is 613.